The molecule has 0 saturated carbocycles. The normalized spacial score (nSPS) is 37.5. The molecule has 0 saturated heterocycles. The lowest BCUT2D eigenvalue weighted by atomic mass is 9.79. The van der Waals surface area contributed by atoms with Crippen LogP contribution in [0.2, 0.25) is 0 Å². The van der Waals surface area contributed by atoms with Gasteiger partial charge in [0.25, 0.3) is 0 Å². The summed E-state index contributed by atoms with van der Waals surface area (Å²) in [6.45, 7) is 1.75. The number of hydrogen-bond donors (Lipinski definition) is 2. The molecule has 1 aliphatic carbocycles. The molecule has 0 aliphatic heterocycles. The smallest absolute Gasteiger partial charge is 0.309 e. The largest absolute Gasteiger partial charge is 0.481 e. The fourth-order valence-electron chi connectivity index (χ4n) is 1.56. The Labute approximate surface area is 78.1 Å². The van der Waals surface area contributed by atoms with Crippen LogP contribution in [0.4, 0.5) is 0 Å². The van der Waals surface area contributed by atoms with E-state index in [-0.39, 0.29) is 0 Å². The van der Waals surface area contributed by atoms with E-state index in [0.29, 0.717) is 19.3 Å². The predicted octanol–water partition coefficient (Wildman–Crippen LogP) is 1.57. The van der Waals surface area contributed by atoms with E-state index in [1.54, 1.807) is 13.0 Å². The first kappa shape index (κ1) is 10.3. The highest BCUT2D eigenvalue weighted by atomic mass is 16.4. The summed E-state index contributed by atoms with van der Waals surface area (Å²) in [5.74, 6) is -0.755. The second-order valence-corrected chi connectivity index (χ2v) is 3.94. The van der Waals surface area contributed by atoms with Crippen LogP contribution in [-0.2, 0) is 4.79 Å². The molecule has 0 aromatic heterocycles. The molecule has 1 unspecified atom stereocenters. The van der Waals surface area contributed by atoms with Crippen LogP contribution < -0.4 is 0 Å². The molecule has 0 aromatic carbocycles. The Morgan fingerprint density at radius 1 is 1.54 bits per heavy atom. The Hall–Kier alpha value is -0.830. The van der Waals surface area contributed by atoms with Crippen LogP contribution in [0.3, 0.4) is 0 Å². The summed E-state index contributed by atoms with van der Waals surface area (Å²) in [4.78, 5) is 10.9. The number of hydrogen-bond acceptors (Lipinski definition) is 2. The van der Waals surface area contributed by atoms with Gasteiger partial charge in [0.15, 0.2) is 0 Å². The van der Waals surface area contributed by atoms with Crippen molar-refractivity contribution in [3.05, 3.63) is 12.2 Å². The molecule has 0 bridgehead atoms. The van der Waals surface area contributed by atoms with E-state index in [4.69, 9.17) is 5.11 Å². The van der Waals surface area contributed by atoms with E-state index >= 15 is 0 Å². The van der Waals surface area contributed by atoms with E-state index < -0.39 is 17.5 Å². The minimum absolute atomic E-state index is 0.473. The third-order valence-corrected chi connectivity index (χ3v) is 2.73. The molecule has 0 fully saturated rings. The highest BCUT2D eigenvalue weighted by Gasteiger charge is 2.32. The summed E-state index contributed by atoms with van der Waals surface area (Å²) >= 11 is 0. The van der Waals surface area contributed by atoms with E-state index in [1.807, 2.05) is 6.08 Å². The Kier molecular flexibility index (Phi) is 3.09. The van der Waals surface area contributed by atoms with Gasteiger partial charge in [-0.15, -0.1) is 0 Å². The molecule has 1 aliphatic rings. The van der Waals surface area contributed by atoms with Crippen molar-refractivity contribution in [1.29, 1.82) is 0 Å². The molecule has 2 atom stereocenters. The van der Waals surface area contributed by atoms with Crippen LogP contribution in [0.5, 0.6) is 0 Å². The Morgan fingerprint density at radius 3 is 2.85 bits per heavy atom. The molecule has 3 nitrogen and oxygen atoms in total. The first-order chi connectivity index (χ1) is 6.04. The van der Waals surface area contributed by atoms with E-state index in [1.165, 1.54) is 0 Å². The summed E-state index contributed by atoms with van der Waals surface area (Å²) in [5.41, 5.74) is -0.661. The Morgan fingerprint density at radius 2 is 2.23 bits per heavy atom. The quantitative estimate of drug-likeness (QED) is 0.608. The van der Waals surface area contributed by atoms with Gasteiger partial charge in [0.2, 0.25) is 0 Å². The van der Waals surface area contributed by atoms with Crippen molar-refractivity contribution in [2.75, 3.05) is 0 Å². The molecule has 1 rings (SSSR count). The standard InChI is InChI=1S/C10H16O3/c1-10(9(12)13)6-3-2-4-8(11)5-7-10/h2,4,8,11H,3,5-7H2,1H3,(H,12,13)/b4-2-/t8-,10?/m0/s1. The van der Waals surface area contributed by atoms with Gasteiger partial charge >= 0.3 is 5.97 Å². The monoisotopic (exact) mass is 184 g/mol. The molecule has 0 amide bonds. The van der Waals surface area contributed by atoms with Gasteiger partial charge in [0.05, 0.1) is 11.5 Å². The molecular weight excluding hydrogens is 168 g/mol. The summed E-state index contributed by atoms with van der Waals surface area (Å²) in [5, 5.41) is 18.3. The molecule has 0 radical (unpaired) electrons. The maximum Gasteiger partial charge on any atom is 0.309 e. The van der Waals surface area contributed by atoms with E-state index in [9.17, 15) is 9.90 Å². The van der Waals surface area contributed by atoms with Crippen LogP contribution in [0.25, 0.3) is 0 Å². The lowest BCUT2D eigenvalue weighted by Crippen LogP contribution is -2.29. The number of aliphatic carboxylic acids is 1. The highest BCUT2D eigenvalue weighted by molar-refractivity contribution is 5.74. The van der Waals surface area contributed by atoms with E-state index in [0.717, 1.165) is 6.42 Å². The minimum Gasteiger partial charge on any atom is -0.481 e. The number of aliphatic hydroxyl groups excluding tert-OH is 1. The zero-order valence-electron chi connectivity index (χ0n) is 7.86. The van der Waals surface area contributed by atoms with Crippen molar-refractivity contribution in [2.45, 2.75) is 38.7 Å². The number of aliphatic hydroxyl groups is 1. The summed E-state index contributed by atoms with van der Waals surface area (Å²) in [6.07, 6.45) is 5.63. The zero-order valence-corrected chi connectivity index (χ0v) is 7.86. The second kappa shape index (κ2) is 3.92. The number of rotatable bonds is 1. The van der Waals surface area contributed by atoms with E-state index in [2.05, 4.69) is 0 Å². The lowest BCUT2D eigenvalue weighted by Gasteiger charge is -2.26. The summed E-state index contributed by atoms with van der Waals surface area (Å²) in [7, 11) is 0. The third-order valence-electron chi connectivity index (χ3n) is 2.73. The maximum atomic E-state index is 10.9. The average molecular weight is 184 g/mol. The zero-order chi connectivity index (χ0) is 9.90. The lowest BCUT2D eigenvalue weighted by molar-refractivity contribution is -0.149. The fourth-order valence-corrected chi connectivity index (χ4v) is 1.56. The van der Waals surface area contributed by atoms with Gasteiger partial charge in [0, 0.05) is 0 Å². The van der Waals surface area contributed by atoms with Crippen molar-refractivity contribution in [3.63, 3.8) is 0 Å². The van der Waals surface area contributed by atoms with Crippen molar-refractivity contribution in [2.24, 2.45) is 5.41 Å². The summed E-state index contributed by atoms with van der Waals surface area (Å²) < 4.78 is 0. The molecule has 13 heavy (non-hydrogen) atoms. The van der Waals surface area contributed by atoms with Gasteiger partial charge in [-0.1, -0.05) is 12.2 Å². The first-order valence-corrected chi connectivity index (χ1v) is 4.63. The van der Waals surface area contributed by atoms with Gasteiger partial charge in [-0.2, -0.15) is 0 Å². The van der Waals surface area contributed by atoms with Gasteiger partial charge in [-0.05, 0) is 32.6 Å². The fraction of sp³-hybridized carbons (Fsp3) is 0.700. The predicted molar refractivity (Wildman–Crippen MR) is 49.4 cm³/mol. The molecule has 0 spiro atoms. The van der Waals surface area contributed by atoms with Crippen LogP contribution in [0.15, 0.2) is 12.2 Å². The topological polar surface area (TPSA) is 57.5 Å². The van der Waals surface area contributed by atoms with Gasteiger partial charge in [0.1, 0.15) is 0 Å². The van der Waals surface area contributed by atoms with Crippen molar-refractivity contribution < 1.29 is 15.0 Å². The number of carboxylic acid groups (broad SMARTS) is 1. The van der Waals surface area contributed by atoms with Gasteiger partial charge < -0.3 is 10.2 Å². The average Bonchev–Trinajstić information content (AvgIpc) is 2.06. The van der Waals surface area contributed by atoms with Crippen molar-refractivity contribution >= 4 is 5.97 Å². The van der Waals surface area contributed by atoms with Crippen molar-refractivity contribution in [3.8, 4) is 0 Å². The number of allylic oxidation sites excluding steroid dienone is 1. The minimum atomic E-state index is -0.755. The van der Waals surface area contributed by atoms with Gasteiger partial charge in [-0.3, -0.25) is 4.79 Å². The van der Waals surface area contributed by atoms with Crippen LogP contribution in [0.1, 0.15) is 32.6 Å². The molecule has 0 aromatic rings. The molecule has 3 heteroatoms. The van der Waals surface area contributed by atoms with Crippen LogP contribution in [0, 0.1) is 5.41 Å². The van der Waals surface area contributed by atoms with Crippen LogP contribution in [-0.4, -0.2) is 22.3 Å². The Balaban J connectivity index is 2.68. The molecule has 74 valence electrons. The summed E-state index contributed by atoms with van der Waals surface area (Å²) in [6, 6.07) is 0. The molecular formula is C10H16O3. The first-order valence-electron chi connectivity index (χ1n) is 4.63. The van der Waals surface area contributed by atoms with Crippen LogP contribution >= 0.6 is 0 Å². The second-order valence-electron chi connectivity index (χ2n) is 3.94. The molecule has 0 heterocycles. The number of carboxylic acids is 1. The highest BCUT2D eigenvalue weighted by Crippen LogP contribution is 2.31. The Bertz CT molecular complexity index is 222. The SMILES string of the molecule is CC1(C(=O)O)CC/C=C\[C@H](O)CC1. The van der Waals surface area contributed by atoms with Gasteiger partial charge in [-0.25, -0.2) is 0 Å². The van der Waals surface area contributed by atoms with Crippen molar-refractivity contribution in [1.82, 2.24) is 0 Å². The maximum absolute atomic E-state index is 10.9. The number of carbonyl (C=O) groups is 1. The third kappa shape index (κ3) is 2.56. The molecule has 2 N–H and O–H groups in total.